The molecule has 2 aliphatic rings. The molecule has 7 heteroatoms. The van der Waals surface area contributed by atoms with Gasteiger partial charge in [-0.15, -0.1) is 0 Å². The van der Waals surface area contributed by atoms with Gasteiger partial charge in [-0.1, -0.05) is 6.42 Å². The summed E-state index contributed by atoms with van der Waals surface area (Å²) in [5, 5.41) is 2.67. The van der Waals surface area contributed by atoms with E-state index in [0.29, 0.717) is 24.0 Å². The van der Waals surface area contributed by atoms with Gasteiger partial charge in [0.2, 0.25) is 5.91 Å². The van der Waals surface area contributed by atoms with Crippen LogP contribution in [0, 0.1) is 17.8 Å². The lowest BCUT2D eigenvalue weighted by atomic mass is 9.86. The van der Waals surface area contributed by atoms with E-state index in [1.54, 1.807) is 12.1 Å². The van der Waals surface area contributed by atoms with Crippen LogP contribution < -0.4 is 5.32 Å². The van der Waals surface area contributed by atoms with Crippen LogP contribution in [0.5, 0.6) is 0 Å². The lowest BCUT2D eigenvalue weighted by Gasteiger charge is -2.21. The predicted octanol–water partition coefficient (Wildman–Crippen LogP) is 1.72. The Kier molecular flexibility index (Phi) is 5.96. The molecule has 26 heavy (non-hydrogen) atoms. The summed E-state index contributed by atoms with van der Waals surface area (Å²) in [5.74, 6) is 1.49. The van der Waals surface area contributed by atoms with Crippen molar-refractivity contribution in [3.8, 4) is 0 Å². The van der Waals surface area contributed by atoms with Crippen molar-refractivity contribution in [2.45, 2.75) is 38.6 Å². The van der Waals surface area contributed by atoms with E-state index in [-0.39, 0.29) is 37.5 Å². The number of nitrogens with zero attached hydrogens (tertiary/aromatic N) is 1. The van der Waals surface area contributed by atoms with Crippen LogP contribution in [-0.2, 0) is 25.7 Å². The Morgan fingerprint density at radius 1 is 1.31 bits per heavy atom. The molecule has 0 unspecified atom stereocenters. The quantitative estimate of drug-likeness (QED) is 0.712. The van der Waals surface area contributed by atoms with Crippen LogP contribution in [-0.4, -0.2) is 42.9 Å². The van der Waals surface area contributed by atoms with E-state index in [4.69, 9.17) is 9.15 Å². The Hall–Kier alpha value is -2.31. The molecule has 0 saturated heterocycles. The minimum absolute atomic E-state index is 0.0938. The number of likely N-dealkylation sites (N-methyl/N-ethyl adjacent to an activating group) is 1. The van der Waals surface area contributed by atoms with E-state index < -0.39 is 0 Å². The number of carbonyl (C=O) groups excluding carboxylic acids is 3. The highest BCUT2D eigenvalue weighted by molar-refractivity contribution is 5.86. The molecule has 2 amide bonds. The molecule has 2 saturated carbocycles. The number of fused-ring (bicyclic) bond motifs is 2. The fraction of sp³-hybridized carbons (Fsp3) is 0.632. The van der Waals surface area contributed by atoms with Crippen LogP contribution in [0.15, 0.2) is 22.8 Å². The topological polar surface area (TPSA) is 88.8 Å². The number of ether oxygens (including phenoxy) is 1. The Labute approximate surface area is 153 Å². The summed E-state index contributed by atoms with van der Waals surface area (Å²) in [6.45, 7) is -0.141. The number of rotatable bonds is 8. The zero-order chi connectivity index (χ0) is 18.5. The monoisotopic (exact) mass is 362 g/mol. The fourth-order valence-corrected chi connectivity index (χ4v) is 4.11. The third-order valence-electron chi connectivity index (χ3n) is 5.52. The Balaban J connectivity index is 1.31. The van der Waals surface area contributed by atoms with Crippen molar-refractivity contribution in [1.29, 1.82) is 0 Å². The number of nitrogens with one attached hydrogen (secondary N) is 1. The maximum Gasteiger partial charge on any atom is 0.306 e. The summed E-state index contributed by atoms with van der Waals surface area (Å²) in [6.07, 6.45) is 6.80. The molecular weight excluding hydrogens is 336 g/mol. The number of hydrogen-bond donors (Lipinski definition) is 1. The maximum absolute atomic E-state index is 12.0. The van der Waals surface area contributed by atoms with E-state index in [9.17, 15) is 14.4 Å². The van der Waals surface area contributed by atoms with Crippen LogP contribution in [0.1, 0.15) is 37.9 Å². The summed E-state index contributed by atoms with van der Waals surface area (Å²) in [5.41, 5.74) is 0. The third-order valence-corrected chi connectivity index (χ3v) is 5.52. The van der Waals surface area contributed by atoms with E-state index >= 15 is 0 Å². The molecule has 0 radical (unpaired) electrons. The normalized spacial score (nSPS) is 23.7. The second-order valence-electron chi connectivity index (χ2n) is 7.41. The van der Waals surface area contributed by atoms with Crippen molar-refractivity contribution in [1.82, 2.24) is 10.2 Å². The van der Waals surface area contributed by atoms with E-state index in [2.05, 4.69) is 5.32 Å². The van der Waals surface area contributed by atoms with Gasteiger partial charge in [0.25, 0.3) is 5.91 Å². The smallest absolute Gasteiger partial charge is 0.306 e. The van der Waals surface area contributed by atoms with Crippen LogP contribution in [0.2, 0.25) is 0 Å². The summed E-state index contributed by atoms with van der Waals surface area (Å²) >= 11 is 0. The van der Waals surface area contributed by atoms with Gasteiger partial charge in [-0.05, 0) is 49.1 Å². The number of carbonyl (C=O) groups is 3. The Bertz CT molecular complexity index is 642. The highest BCUT2D eigenvalue weighted by atomic mass is 16.5. The SMILES string of the molecule is CN(CC(=O)NCc1ccco1)C(=O)COC(=O)C[C@@H]1C[C@@H]2CC[C@@H]1C2. The molecule has 3 rings (SSSR count). The van der Waals surface area contributed by atoms with Crippen molar-refractivity contribution in [2.24, 2.45) is 17.8 Å². The highest BCUT2D eigenvalue weighted by Crippen LogP contribution is 2.49. The Morgan fingerprint density at radius 2 is 2.15 bits per heavy atom. The molecule has 2 fully saturated rings. The average molecular weight is 362 g/mol. The number of esters is 1. The minimum Gasteiger partial charge on any atom is -0.467 e. The summed E-state index contributed by atoms with van der Waals surface area (Å²) < 4.78 is 10.2. The molecule has 2 aliphatic carbocycles. The molecule has 3 atom stereocenters. The first-order valence-corrected chi connectivity index (χ1v) is 9.20. The highest BCUT2D eigenvalue weighted by Gasteiger charge is 2.40. The number of amides is 2. The van der Waals surface area contributed by atoms with Crippen LogP contribution >= 0.6 is 0 Å². The Morgan fingerprint density at radius 3 is 2.81 bits per heavy atom. The zero-order valence-electron chi connectivity index (χ0n) is 15.1. The van der Waals surface area contributed by atoms with Gasteiger partial charge < -0.3 is 19.4 Å². The van der Waals surface area contributed by atoms with Crippen molar-refractivity contribution in [3.05, 3.63) is 24.2 Å². The molecule has 7 nitrogen and oxygen atoms in total. The molecule has 1 heterocycles. The predicted molar refractivity (Wildman–Crippen MR) is 92.7 cm³/mol. The molecule has 2 bridgehead atoms. The van der Waals surface area contributed by atoms with Crippen molar-refractivity contribution >= 4 is 17.8 Å². The van der Waals surface area contributed by atoms with Gasteiger partial charge in [-0.25, -0.2) is 0 Å². The molecule has 142 valence electrons. The van der Waals surface area contributed by atoms with Gasteiger partial charge in [0.1, 0.15) is 5.76 Å². The van der Waals surface area contributed by atoms with Gasteiger partial charge in [0, 0.05) is 13.5 Å². The first-order valence-electron chi connectivity index (χ1n) is 9.20. The standard InChI is InChI=1S/C19H26N2O5/c1-21(11-17(22)20-10-16-3-2-6-25-16)18(23)12-26-19(24)9-15-8-13-4-5-14(15)7-13/h2-3,6,13-15H,4-5,7-12H2,1H3,(H,20,22)/t13-,14-,15+/m1/s1. The van der Waals surface area contributed by atoms with Crippen molar-refractivity contribution in [2.75, 3.05) is 20.2 Å². The first-order chi connectivity index (χ1) is 12.5. The largest absolute Gasteiger partial charge is 0.467 e. The second kappa shape index (κ2) is 8.38. The van der Waals surface area contributed by atoms with Crippen molar-refractivity contribution < 1.29 is 23.5 Å². The summed E-state index contributed by atoms with van der Waals surface area (Å²) in [4.78, 5) is 37.1. The van der Waals surface area contributed by atoms with E-state index in [1.165, 1.54) is 37.5 Å². The summed E-state index contributed by atoms with van der Waals surface area (Å²) in [6, 6.07) is 3.49. The maximum atomic E-state index is 12.0. The average Bonchev–Trinajstić information content (AvgIpc) is 3.35. The minimum atomic E-state index is -0.389. The molecule has 0 aromatic carbocycles. The van der Waals surface area contributed by atoms with Crippen molar-refractivity contribution in [3.63, 3.8) is 0 Å². The molecule has 1 N–H and O–H groups in total. The van der Waals surface area contributed by atoms with Gasteiger partial charge in [-0.2, -0.15) is 0 Å². The molecule has 1 aromatic heterocycles. The molecule has 0 spiro atoms. The van der Waals surface area contributed by atoms with Crippen LogP contribution in [0.25, 0.3) is 0 Å². The van der Waals surface area contributed by atoms with Crippen LogP contribution in [0.3, 0.4) is 0 Å². The third kappa shape index (κ3) is 4.86. The van der Waals surface area contributed by atoms with Gasteiger partial charge >= 0.3 is 5.97 Å². The van der Waals surface area contributed by atoms with E-state index in [0.717, 1.165) is 12.3 Å². The molecule has 1 aromatic rings. The van der Waals surface area contributed by atoms with Gasteiger partial charge in [0.15, 0.2) is 6.61 Å². The second-order valence-corrected chi connectivity index (χ2v) is 7.41. The fourth-order valence-electron chi connectivity index (χ4n) is 4.11. The van der Waals surface area contributed by atoms with Gasteiger partial charge in [0.05, 0.1) is 19.4 Å². The first kappa shape index (κ1) is 18.5. The van der Waals surface area contributed by atoms with Crippen LogP contribution in [0.4, 0.5) is 0 Å². The lowest BCUT2D eigenvalue weighted by molar-refractivity contribution is -0.153. The lowest BCUT2D eigenvalue weighted by Crippen LogP contribution is -2.40. The van der Waals surface area contributed by atoms with Gasteiger partial charge in [-0.3, -0.25) is 14.4 Å². The molecule has 0 aliphatic heterocycles. The molecular formula is C19H26N2O5. The summed E-state index contributed by atoms with van der Waals surface area (Å²) in [7, 11) is 1.51. The van der Waals surface area contributed by atoms with E-state index in [1.807, 2.05) is 0 Å². The zero-order valence-corrected chi connectivity index (χ0v) is 15.1. The number of furan rings is 1. The number of hydrogen-bond acceptors (Lipinski definition) is 5.